The van der Waals surface area contributed by atoms with Gasteiger partial charge in [0, 0.05) is 9.85 Å². The molecule has 1 nitrogen and oxygen atoms in total. The van der Waals surface area contributed by atoms with Crippen LogP contribution in [0.5, 0.6) is 0 Å². The minimum Gasteiger partial charge on any atom is -0.306 e. The number of aryl methyl sites for hydroxylation is 1. The van der Waals surface area contributed by atoms with E-state index in [9.17, 15) is 4.39 Å². The van der Waals surface area contributed by atoms with Gasteiger partial charge in [0.15, 0.2) is 0 Å². The van der Waals surface area contributed by atoms with Crippen molar-refractivity contribution in [3.05, 3.63) is 55.9 Å². The minimum absolute atomic E-state index is 0.108. The second-order valence-corrected chi connectivity index (χ2v) is 5.76. The molecule has 2 rings (SSSR count). The smallest absolute Gasteiger partial charge is 0.123 e. The van der Waals surface area contributed by atoms with E-state index in [4.69, 9.17) is 0 Å². The number of hydrogen-bond acceptors (Lipinski definition) is 2. The second kappa shape index (κ2) is 5.95. The van der Waals surface area contributed by atoms with Gasteiger partial charge in [0.2, 0.25) is 0 Å². The van der Waals surface area contributed by atoms with Crippen molar-refractivity contribution in [3.63, 3.8) is 0 Å². The third kappa shape index (κ3) is 2.82. The largest absolute Gasteiger partial charge is 0.306 e. The van der Waals surface area contributed by atoms with Gasteiger partial charge in [-0.2, -0.15) is 11.3 Å². The summed E-state index contributed by atoms with van der Waals surface area (Å²) in [5, 5.41) is 7.65. The lowest BCUT2D eigenvalue weighted by Crippen LogP contribution is -2.22. The summed E-state index contributed by atoms with van der Waals surface area (Å²) in [5.41, 5.74) is 3.30. The van der Waals surface area contributed by atoms with Gasteiger partial charge in [0.25, 0.3) is 0 Å². The van der Waals surface area contributed by atoms with Gasteiger partial charge in [-0.05, 0) is 63.6 Å². The molecule has 0 saturated heterocycles. The van der Waals surface area contributed by atoms with Crippen molar-refractivity contribution in [2.24, 2.45) is 0 Å². The van der Waals surface area contributed by atoms with E-state index in [0.29, 0.717) is 0 Å². The number of rotatable bonds is 4. The zero-order chi connectivity index (χ0) is 13.1. The minimum atomic E-state index is -0.184. The van der Waals surface area contributed by atoms with Gasteiger partial charge in [0.1, 0.15) is 5.82 Å². The molecule has 1 atom stereocenters. The maximum atomic E-state index is 13.2. The first-order chi connectivity index (χ1) is 8.63. The highest BCUT2D eigenvalue weighted by Crippen LogP contribution is 2.33. The molecule has 0 fully saturated rings. The highest BCUT2D eigenvalue weighted by atomic mass is 79.9. The van der Waals surface area contributed by atoms with Gasteiger partial charge in [0.05, 0.1) is 6.04 Å². The first kappa shape index (κ1) is 13.7. The summed E-state index contributed by atoms with van der Waals surface area (Å²) in [7, 11) is 0. The van der Waals surface area contributed by atoms with Crippen molar-refractivity contribution in [2.45, 2.75) is 19.9 Å². The predicted molar refractivity (Wildman–Crippen MR) is 78.7 cm³/mol. The highest BCUT2D eigenvalue weighted by molar-refractivity contribution is 9.10. The number of nitrogens with one attached hydrogen (secondary N) is 1. The van der Waals surface area contributed by atoms with Crippen LogP contribution in [0.25, 0.3) is 0 Å². The Hall–Kier alpha value is -0.710. The Morgan fingerprint density at radius 3 is 2.67 bits per heavy atom. The molecular weight excluding hydrogens is 313 g/mol. The summed E-state index contributed by atoms with van der Waals surface area (Å²) in [6.07, 6.45) is 0. The summed E-state index contributed by atoms with van der Waals surface area (Å²) in [6.45, 7) is 4.89. The molecule has 0 radical (unpaired) electrons. The quantitative estimate of drug-likeness (QED) is 0.861. The number of halogens is 2. The van der Waals surface area contributed by atoms with Crippen LogP contribution in [0.15, 0.2) is 33.4 Å². The van der Waals surface area contributed by atoms with Crippen LogP contribution in [0, 0.1) is 12.7 Å². The molecule has 0 aliphatic heterocycles. The summed E-state index contributed by atoms with van der Waals surface area (Å²) in [4.78, 5) is 0. The fourth-order valence-corrected chi connectivity index (χ4v) is 3.60. The topological polar surface area (TPSA) is 12.0 Å². The summed E-state index contributed by atoms with van der Waals surface area (Å²) in [6, 6.07) is 5.07. The van der Waals surface area contributed by atoms with E-state index in [2.05, 4.69) is 38.9 Å². The normalized spacial score (nSPS) is 12.7. The van der Waals surface area contributed by atoms with Crippen LogP contribution in [0.1, 0.15) is 29.7 Å². The van der Waals surface area contributed by atoms with Crippen LogP contribution < -0.4 is 5.32 Å². The molecule has 0 aliphatic rings. The first-order valence-corrected chi connectivity index (χ1v) is 7.58. The van der Waals surface area contributed by atoms with E-state index in [0.717, 1.165) is 22.1 Å². The average Bonchev–Trinajstić information content (AvgIpc) is 2.73. The van der Waals surface area contributed by atoms with E-state index in [1.807, 2.05) is 13.0 Å². The molecule has 1 N–H and O–H groups in total. The third-order valence-corrected chi connectivity index (χ3v) is 4.66. The maximum absolute atomic E-state index is 13.2. The van der Waals surface area contributed by atoms with E-state index in [1.165, 1.54) is 11.6 Å². The lowest BCUT2D eigenvalue weighted by atomic mass is 9.97. The van der Waals surface area contributed by atoms with E-state index in [-0.39, 0.29) is 11.9 Å². The third-order valence-electron chi connectivity index (χ3n) is 2.90. The maximum Gasteiger partial charge on any atom is 0.123 e. The Kier molecular flexibility index (Phi) is 4.54. The molecule has 1 unspecified atom stereocenters. The fourth-order valence-electron chi connectivity index (χ4n) is 2.05. The summed E-state index contributed by atoms with van der Waals surface area (Å²) in [5.74, 6) is -0.184. The van der Waals surface area contributed by atoms with Gasteiger partial charge in [-0.1, -0.05) is 13.0 Å². The van der Waals surface area contributed by atoms with Crippen LogP contribution in [0.3, 0.4) is 0 Å². The molecule has 0 aliphatic carbocycles. The zero-order valence-corrected chi connectivity index (χ0v) is 12.7. The van der Waals surface area contributed by atoms with Gasteiger partial charge in [-0.15, -0.1) is 0 Å². The Bertz CT molecular complexity index is 538. The van der Waals surface area contributed by atoms with Crippen LogP contribution in [0.2, 0.25) is 0 Å². The average molecular weight is 328 g/mol. The monoisotopic (exact) mass is 327 g/mol. The summed E-state index contributed by atoms with van der Waals surface area (Å²) < 4.78 is 14.3. The molecular formula is C14H15BrFNS. The lowest BCUT2D eigenvalue weighted by Gasteiger charge is -2.20. The number of benzene rings is 1. The molecule has 1 heterocycles. The molecule has 18 heavy (non-hydrogen) atoms. The van der Waals surface area contributed by atoms with E-state index >= 15 is 0 Å². The fraction of sp³-hybridized carbons (Fsp3) is 0.286. The molecule has 0 amide bonds. The molecule has 0 spiro atoms. The molecule has 1 aromatic heterocycles. The molecule has 2 aromatic rings. The first-order valence-electron chi connectivity index (χ1n) is 5.84. The van der Waals surface area contributed by atoms with Crippen LogP contribution in [-0.4, -0.2) is 6.54 Å². The van der Waals surface area contributed by atoms with Gasteiger partial charge < -0.3 is 5.32 Å². The zero-order valence-electron chi connectivity index (χ0n) is 10.3. The standard InChI is InChI=1S/C14H15BrFNS/c1-3-17-14(12-7-18-8-13(12)15)11-5-4-10(16)6-9(11)2/h4-8,14,17H,3H2,1-2H3. The lowest BCUT2D eigenvalue weighted by molar-refractivity contribution is 0.610. The Balaban J connectivity index is 2.45. The molecule has 1 aromatic carbocycles. The number of hydrogen-bond donors (Lipinski definition) is 1. The highest BCUT2D eigenvalue weighted by Gasteiger charge is 2.18. The SMILES string of the molecule is CCNC(c1ccc(F)cc1C)c1cscc1Br. The Morgan fingerprint density at radius 1 is 1.33 bits per heavy atom. The van der Waals surface area contributed by atoms with Crippen molar-refractivity contribution in [1.82, 2.24) is 5.32 Å². The molecule has 0 saturated carbocycles. The molecule has 4 heteroatoms. The number of thiophene rings is 1. The Morgan fingerprint density at radius 2 is 2.11 bits per heavy atom. The predicted octanol–water partition coefficient (Wildman–Crippen LogP) is 4.66. The molecule has 0 bridgehead atoms. The van der Waals surface area contributed by atoms with Crippen molar-refractivity contribution in [2.75, 3.05) is 6.54 Å². The van der Waals surface area contributed by atoms with Crippen molar-refractivity contribution in [3.8, 4) is 0 Å². The van der Waals surface area contributed by atoms with Gasteiger partial charge in [-0.25, -0.2) is 4.39 Å². The van der Waals surface area contributed by atoms with Crippen LogP contribution in [-0.2, 0) is 0 Å². The van der Waals surface area contributed by atoms with Crippen LogP contribution >= 0.6 is 27.3 Å². The summed E-state index contributed by atoms with van der Waals surface area (Å²) >= 11 is 5.23. The van der Waals surface area contributed by atoms with Gasteiger partial charge >= 0.3 is 0 Å². The van der Waals surface area contributed by atoms with Gasteiger partial charge in [-0.3, -0.25) is 0 Å². The van der Waals surface area contributed by atoms with Crippen molar-refractivity contribution >= 4 is 27.3 Å². The van der Waals surface area contributed by atoms with E-state index in [1.54, 1.807) is 17.4 Å². The van der Waals surface area contributed by atoms with Crippen LogP contribution in [0.4, 0.5) is 4.39 Å². The molecule has 96 valence electrons. The van der Waals surface area contributed by atoms with Crippen molar-refractivity contribution < 1.29 is 4.39 Å². The van der Waals surface area contributed by atoms with Crippen molar-refractivity contribution in [1.29, 1.82) is 0 Å². The Labute approximate surface area is 119 Å². The van der Waals surface area contributed by atoms with E-state index < -0.39 is 0 Å². The second-order valence-electron chi connectivity index (χ2n) is 4.17.